The molecule has 0 spiro atoms. The summed E-state index contributed by atoms with van der Waals surface area (Å²) in [6.45, 7) is 9.09. The van der Waals surface area contributed by atoms with Gasteiger partial charge in [-0.05, 0) is 51.4 Å². The predicted molar refractivity (Wildman–Crippen MR) is 112 cm³/mol. The SMILES string of the molecule is CCOc1cc(CN2CCC(c3cc4nc(C)c(C)c(=O)n4[nH]3)C2)ccc1OC. The van der Waals surface area contributed by atoms with E-state index >= 15 is 0 Å². The van der Waals surface area contributed by atoms with Gasteiger partial charge in [-0.3, -0.25) is 14.8 Å². The Morgan fingerprint density at radius 2 is 2.07 bits per heavy atom. The number of ether oxygens (including phenoxy) is 2. The van der Waals surface area contributed by atoms with Gasteiger partial charge in [0.1, 0.15) is 0 Å². The molecule has 0 bridgehead atoms. The van der Waals surface area contributed by atoms with E-state index in [0.717, 1.165) is 48.9 Å². The Morgan fingerprint density at radius 1 is 1.24 bits per heavy atom. The second-order valence-electron chi connectivity index (χ2n) is 7.67. The van der Waals surface area contributed by atoms with Crippen molar-refractivity contribution in [3.63, 3.8) is 0 Å². The van der Waals surface area contributed by atoms with Crippen molar-refractivity contribution in [2.24, 2.45) is 0 Å². The molecule has 0 saturated carbocycles. The summed E-state index contributed by atoms with van der Waals surface area (Å²) >= 11 is 0. The third kappa shape index (κ3) is 3.74. The Labute approximate surface area is 170 Å². The monoisotopic (exact) mass is 396 g/mol. The van der Waals surface area contributed by atoms with Crippen LogP contribution in [-0.2, 0) is 6.54 Å². The van der Waals surface area contributed by atoms with E-state index in [2.05, 4.69) is 27.1 Å². The third-order valence-electron chi connectivity index (χ3n) is 5.75. The minimum atomic E-state index is -0.0183. The number of fused-ring (bicyclic) bond motifs is 1. The fourth-order valence-corrected chi connectivity index (χ4v) is 4.02. The summed E-state index contributed by atoms with van der Waals surface area (Å²) in [6, 6.07) is 8.14. The van der Waals surface area contributed by atoms with E-state index in [1.165, 1.54) is 5.56 Å². The first-order chi connectivity index (χ1) is 14.0. The maximum atomic E-state index is 12.5. The van der Waals surface area contributed by atoms with Gasteiger partial charge in [0.25, 0.3) is 5.56 Å². The van der Waals surface area contributed by atoms with Crippen molar-refractivity contribution in [1.29, 1.82) is 0 Å². The molecule has 154 valence electrons. The van der Waals surface area contributed by atoms with Crippen molar-refractivity contribution in [2.45, 2.75) is 39.7 Å². The zero-order valence-electron chi connectivity index (χ0n) is 17.5. The van der Waals surface area contributed by atoms with Crippen molar-refractivity contribution in [3.05, 3.63) is 57.1 Å². The van der Waals surface area contributed by atoms with Gasteiger partial charge >= 0.3 is 0 Å². The van der Waals surface area contributed by atoms with Crippen LogP contribution in [0.4, 0.5) is 0 Å². The van der Waals surface area contributed by atoms with Gasteiger partial charge in [-0.25, -0.2) is 9.50 Å². The molecule has 1 fully saturated rings. The Balaban J connectivity index is 1.50. The summed E-state index contributed by atoms with van der Waals surface area (Å²) < 4.78 is 12.6. The molecule has 1 unspecified atom stereocenters. The smallest absolute Gasteiger partial charge is 0.275 e. The highest BCUT2D eigenvalue weighted by Gasteiger charge is 2.26. The molecule has 1 N–H and O–H groups in total. The maximum Gasteiger partial charge on any atom is 0.275 e. The number of aryl methyl sites for hydroxylation is 1. The lowest BCUT2D eigenvalue weighted by Gasteiger charge is -2.17. The Bertz CT molecular complexity index is 1090. The van der Waals surface area contributed by atoms with Gasteiger partial charge in [-0.15, -0.1) is 0 Å². The van der Waals surface area contributed by atoms with Crippen LogP contribution in [0.25, 0.3) is 5.65 Å². The molecule has 1 atom stereocenters. The second-order valence-corrected chi connectivity index (χ2v) is 7.67. The van der Waals surface area contributed by atoms with Crippen LogP contribution in [-0.4, -0.2) is 46.3 Å². The van der Waals surface area contributed by atoms with Crippen LogP contribution in [0.1, 0.15) is 41.8 Å². The van der Waals surface area contributed by atoms with Gasteiger partial charge in [0.15, 0.2) is 17.1 Å². The summed E-state index contributed by atoms with van der Waals surface area (Å²) in [5, 5.41) is 3.28. The number of aromatic nitrogens is 3. The van der Waals surface area contributed by atoms with Crippen molar-refractivity contribution in [1.82, 2.24) is 19.5 Å². The minimum Gasteiger partial charge on any atom is -0.493 e. The molecule has 2 aromatic heterocycles. The first kappa shape index (κ1) is 19.5. The molecule has 1 aliphatic rings. The maximum absolute atomic E-state index is 12.5. The summed E-state index contributed by atoms with van der Waals surface area (Å²) in [5.41, 5.74) is 4.44. The second kappa shape index (κ2) is 7.91. The van der Waals surface area contributed by atoms with Crippen LogP contribution in [0.5, 0.6) is 11.5 Å². The van der Waals surface area contributed by atoms with Crippen LogP contribution < -0.4 is 15.0 Å². The number of H-pyrrole nitrogens is 1. The molecule has 0 aliphatic carbocycles. The lowest BCUT2D eigenvalue weighted by Crippen LogP contribution is -2.20. The minimum absolute atomic E-state index is 0.0183. The number of likely N-dealkylation sites (tertiary alicyclic amines) is 1. The molecule has 0 amide bonds. The normalized spacial score (nSPS) is 17.2. The fourth-order valence-electron chi connectivity index (χ4n) is 4.02. The number of methoxy groups -OCH3 is 1. The van der Waals surface area contributed by atoms with Crippen molar-refractivity contribution < 1.29 is 9.47 Å². The summed E-state index contributed by atoms with van der Waals surface area (Å²) in [4.78, 5) is 19.5. The predicted octanol–water partition coefficient (Wildman–Crippen LogP) is 3.04. The molecule has 3 heterocycles. The highest BCUT2D eigenvalue weighted by Crippen LogP contribution is 2.31. The zero-order chi connectivity index (χ0) is 20.5. The first-order valence-electron chi connectivity index (χ1n) is 10.1. The summed E-state index contributed by atoms with van der Waals surface area (Å²) in [7, 11) is 1.66. The third-order valence-corrected chi connectivity index (χ3v) is 5.75. The Hall–Kier alpha value is -2.80. The number of nitrogens with one attached hydrogen (secondary N) is 1. The molecule has 3 aromatic rings. The molecule has 0 radical (unpaired) electrons. The van der Waals surface area contributed by atoms with E-state index in [0.29, 0.717) is 23.7 Å². The molecule has 7 nitrogen and oxygen atoms in total. The molecule has 7 heteroatoms. The number of rotatable bonds is 6. The lowest BCUT2D eigenvalue weighted by molar-refractivity contribution is 0.305. The highest BCUT2D eigenvalue weighted by molar-refractivity contribution is 5.44. The van der Waals surface area contributed by atoms with Gasteiger partial charge in [-0.2, -0.15) is 0 Å². The van der Waals surface area contributed by atoms with Crippen LogP contribution in [0.2, 0.25) is 0 Å². The van der Waals surface area contributed by atoms with Gasteiger partial charge in [0.05, 0.1) is 13.7 Å². The highest BCUT2D eigenvalue weighted by atomic mass is 16.5. The van der Waals surface area contributed by atoms with Crippen LogP contribution >= 0.6 is 0 Å². The van der Waals surface area contributed by atoms with Crippen molar-refractivity contribution in [2.75, 3.05) is 26.8 Å². The van der Waals surface area contributed by atoms with Crippen LogP contribution in [0, 0.1) is 13.8 Å². The first-order valence-corrected chi connectivity index (χ1v) is 10.1. The molecule has 1 aliphatic heterocycles. The number of nitrogens with zero attached hydrogens (tertiary/aromatic N) is 3. The van der Waals surface area contributed by atoms with E-state index in [1.54, 1.807) is 11.6 Å². The van der Waals surface area contributed by atoms with Gasteiger partial charge in [-0.1, -0.05) is 6.07 Å². The van der Waals surface area contributed by atoms with Crippen LogP contribution in [0.3, 0.4) is 0 Å². The van der Waals surface area contributed by atoms with E-state index in [4.69, 9.17) is 9.47 Å². The number of hydrogen-bond donors (Lipinski definition) is 1. The largest absolute Gasteiger partial charge is 0.493 e. The summed E-state index contributed by atoms with van der Waals surface area (Å²) in [5.74, 6) is 1.91. The average Bonchev–Trinajstić information content (AvgIpc) is 3.34. The number of hydrogen-bond acceptors (Lipinski definition) is 5. The molecule has 29 heavy (non-hydrogen) atoms. The van der Waals surface area contributed by atoms with Crippen molar-refractivity contribution >= 4 is 5.65 Å². The van der Waals surface area contributed by atoms with E-state index in [-0.39, 0.29) is 5.56 Å². The molecule has 1 saturated heterocycles. The van der Waals surface area contributed by atoms with Crippen molar-refractivity contribution in [3.8, 4) is 11.5 Å². The van der Waals surface area contributed by atoms with Gasteiger partial charge in [0.2, 0.25) is 0 Å². The van der Waals surface area contributed by atoms with E-state index < -0.39 is 0 Å². The van der Waals surface area contributed by atoms with Crippen LogP contribution in [0.15, 0.2) is 29.1 Å². The molecular weight excluding hydrogens is 368 g/mol. The lowest BCUT2D eigenvalue weighted by atomic mass is 10.1. The van der Waals surface area contributed by atoms with E-state index in [1.807, 2.05) is 32.9 Å². The quantitative estimate of drug-likeness (QED) is 0.693. The Morgan fingerprint density at radius 3 is 2.83 bits per heavy atom. The van der Waals surface area contributed by atoms with Gasteiger partial charge < -0.3 is 9.47 Å². The average molecular weight is 396 g/mol. The molecule has 1 aromatic carbocycles. The van der Waals surface area contributed by atoms with Gasteiger partial charge in [0, 0.05) is 42.0 Å². The standard InChI is InChI=1S/C22H28N4O3/c1-5-29-20-10-16(6-7-19(20)28-4)12-25-9-8-17(13-25)18-11-21-23-15(3)14(2)22(27)26(21)24-18/h6-7,10-11,17,24H,5,8-9,12-13H2,1-4H3. The summed E-state index contributed by atoms with van der Waals surface area (Å²) in [6.07, 6.45) is 1.05. The Kier molecular flexibility index (Phi) is 5.32. The topological polar surface area (TPSA) is 71.9 Å². The molecule has 4 rings (SSSR count). The number of aromatic amines is 1. The zero-order valence-corrected chi connectivity index (χ0v) is 17.5. The number of benzene rings is 1. The van der Waals surface area contributed by atoms with E-state index in [9.17, 15) is 4.79 Å². The molecular formula is C22H28N4O3. The fraction of sp³-hybridized carbons (Fsp3) is 0.455.